The molecule has 1 aliphatic rings. The summed E-state index contributed by atoms with van der Waals surface area (Å²) in [5, 5.41) is 37.0. The van der Waals surface area contributed by atoms with Gasteiger partial charge < -0.3 is 29.9 Å². The van der Waals surface area contributed by atoms with E-state index in [0.29, 0.717) is 0 Å². The number of hydrogen-bond acceptors (Lipinski definition) is 6. The van der Waals surface area contributed by atoms with Gasteiger partial charge in [-0.05, 0) is 6.92 Å². The SMILES string of the molecule is CCO[C@]1(C(=O)O)C[C@@H](O)CC([C@H](O)CO)O1. The largest absolute Gasteiger partial charge is 0.477 e. The molecule has 7 heteroatoms. The Kier molecular flexibility index (Phi) is 4.84. The van der Waals surface area contributed by atoms with Gasteiger partial charge in [-0.1, -0.05) is 0 Å². The normalized spacial score (nSPS) is 35.5. The van der Waals surface area contributed by atoms with Gasteiger partial charge in [-0.2, -0.15) is 0 Å². The Labute approximate surface area is 98.6 Å². The topological polar surface area (TPSA) is 116 Å². The molecule has 0 saturated carbocycles. The second kappa shape index (κ2) is 5.74. The van der Waals surface area contributed by atoms with Gasteiger partial charge in [0.05, 0.1) is 18.8 Å². The van der Waals surface area contributed by atoms with Crippen LogP contribution in [0.5, 0.6) is 0 Å². The van der Waals surface area contributed by atoms with Crippen molar-refractivity contribution in [2.75, 3.05) is 13.2 Å². The predicted molar refractivity (Wildman–Crippen MR) is 55.2 cm³/mol. The van der Waals surface area contributed by atoms with Crippen LogP contribution in [0.25, 0.3) is 0 Å². The number of aliphatic carboxylic acids is 1. The Morgan fingerprint density at radius 1 is 1.65 bits per heavy atom. The van der Waals surface area contributed by atoms with E-state index in [4.69, 9.17) is 19.7 Å². The van der Waals surface area contributed by atoms with E-state index in [-0.39, 0.29) is 19.4 Å². The molecule has 4 N–H and O–H groups in total. The zero-order valence-corrected chi connectivity index (χ0v) is 9.57. The number of aliphatic hydroxyl groups excluding tert-OH is 3. The highest BCUT2D eigenvalue weighted by Crippen LogP contribution is 2.32. The highest BCUT2D eigenvalue weighted by molar-refractivity contribution is 5.75. The standard InChI is InChI=1S/C10H18O7/c1-2-16-10(9(14)15)4-6(12)3-8(17-10)7(13)5-11/h6-8,11-13H,2-5H2,1H3,(H,14,15)/t6-,7+,8?,10+/m0/s1. The van der Waals surface area contributed by atoms with E-state index in [2.05, 4.69) is 0 Å². The van der Waals surface area contributed by atoms with Gasteiger partial charge in [-0.25, -0.2) is 4.79 Å². The smallest absolute Gasteiger partial charge is 0.364 e. The molecule has 0 aromatic heterocycles. The second-order valence-electron chi connectivity index (χ2n) is 3.99. The molecule has 0 spiro atoms. The first-order valence-electron chi connectivity index (χ1n) is 5.47. The molecule has 7 nitrogen and oxygen atoms in total. The van der Waals surface area contributed by atoms with E-state index in [1.54, 1.807) is 6.92 Å². The minimum atomic E-state index is -1.95. The summed E-state index contributed by atoms with van der Waals surface area (Å²) >= 11 is 0. The molecule has 0 aromatic carbocycles. The van der Waals surface area contributed by atoms with Crippen LogP contribution >= 0.6 is 0 Å². The molecule has 17 heavy (non-hydrogen) atoms. The van der Waals surface area contributed by atoms with Gasteiger partial charge in [0.2, 0.25) is 0 Å². The van der Waals surface area contributed by atoms with E-state index in [1.165, 1.54) is 0 Å². The summed E-state index contributed by atoms with van der Waals surface area (Å²) in [6.07, 6.45) is -3.32. The third kappa shape index (κ3) is 3.14. The van der Waals surface area contributed by atoms with Gasteiger partial charge in [-0.15, -0.1) is 0 Å². The molecule has 0 radical (unpaired) electrons. The van der Waals surface area contributed by atoms with Crippen LogP contribution in [0.1, 0.15) is 19.8 Å². The molecule has 100 valence electrons. The number of carboxylic acids is 1. The van der Waals surface area contributed by atoms with Crippen LogP contribution in [-0.4, -0.2) is 63.7 Å². The van der Waals surface area contributed by atoms with Crippen LogP contribution in [0.3, 0.4) is 0 Å². The van der Waals surface area contributed by atoms with Crippen molar-refractivity contribution in [1.82, 2.24) is 0 Å². The Balaban J connectivity index is 2.86. The average molecular weight is 250 g/mol. The van der Waals surface area contributed by atoms with Crippen molar-refractivity contribution in [2.45, 2.75) is 43.9 Å². The van der Waals surface area contributed by atoms with Crippen molar-refractivity contribution >= 4 is 5.97 Å². The van der Waals surface area contributed by atoms with Crippen LogP contribution in [-0.2, 0) is 14.3 Å². The molecular weight excluding hydrogens is 232 g/mol. The lowest BCUT2D eigenvalue weighted by atomic mass is 9.95. The summed E-state index contributed by atoms with van der Waals surface area (Å²) in [7, 11) is 0. The van der Waals surface area contributed by atoms with E-state index in [0.717, 1.165) is 0 Å². The highest BCUT2D eigenvalue weighted by Gasteiger charge is 2.50. The summed E-state index contributed by atoms with van der Waals surface area (Å²) in [5.41, 5.74) is 0. The van der Waals surface area contributed by atoms with Crippen LogP contribution in [0.4, 0.5) is 0 Å². The number of carbonyl (C=O) groups is 1. The first-order valence-corrected chi connectivity index (χ1v) is 5.47. The first kappa shape index (κ1) is 14.3. The van der Waals surface area contributed by atoms with Gasteiger partial charge in [0, 0.05) is 19.4 Å². The zero-order chi connectivity index (χ0) is 13.1. The number of rotatable bonds is 5. The Morgan fingerprint density at radius 2 is 2.29 bits per heavy atom. The van der Waals surface area contributed by atoms with E-state index in [9.17, 15) is 15.0 Å². The number of hydrogen-bond donors (Lipinski definition) is 4. The minimum Gasteiger partial charge on any atom is -0.477 e. The van der Waals surface area contributed by atoms with Gasteiger partial charge in [0.1, 0.15) is 6.10 Å². The minimum absolute atomic E-state index is 0.0594. The first-order chi connectivity index (χ1) is 7.95. The van der Waals surface area contributed by atoms with Crippen molar-refractivity contribution in [3.8, 4) is 0 Å². The molecule has 0 aliphatic carbocycles. The summed E-state index contributed by atoms with van der Waals surface area (Å²) in [6, 6.07) is 0. The number of carboxylic acid groups (broad SMARTS) is 1. The summed E-state index contributed by atoms with van der Waals surface area (Å²) in [5.74, 6) is -3.30. The molecule has 1 fully saturated rings. The monoisotopic (exact) mass is 250 g/mol. The maximum atomic E-state index is 11.2. The van der Waals surface area contributed by atoms with Gasteiger partial charge >= 0.3 is 5.97 Å². The quantitative estimate of drug-likeness (QED) is 0.479. The van der Waals surface area contributed by atoms with Crippen LogP contribution in [0.2, 0.25) is 0 Å². The predicted octanol–water partition coefficient (Wildman–Crippen LogP) is -1.30. The molecule has 0 amide bonds. The zero-order valence-electron chi connectivity index (χ0n) is 9.57. The molecule has 1 saturated heterocycles. The number of ether oxygens (including phenoxy) is 2. The summed E-state index contributed by atoms with van der Waals surface area (Å²) in [6.45, 7) is 1.13. The van der Waals surface area contributed by atoms with Crippen LogP contribution in [0, 0.1) is 0 Å². The maximum absolute atomic E-state index is 11.2. The fourth-order valence-electron chi connectivity index (χ4n) is 1.88. The molecule has 1 unspecified atom stereocenters. The lowest BCUT2D eigenvalue weighted by Gasteiger charge is -2.40. The average Bonchev–Trinajstić information content (AvgIpc) is 2.27. The highest BCUT2D eigenvalue weighted by atomic mass is 16.7. The molecule has 0 aromatic rings. The molecule has 1 aliphatic heterocycles. The fraction of sp³-hybridized carbons (Fsp3) is 0.900. The molecule has 4 atom stereocenters. The van der Waals surface area contributed by atoms with Crippen LogP contribution < -0.4 is 0 Å². The lowest BCUT2D eigenvalue weighted by Crippen LogP contribution is -2.56. The number of aliphatic hydroxyl groups is 3. The third-order valence-corrected chi connectivity index (χ3v) is 2.67. The van der Waals surface area contributed by atoms with Crippen molar-refractivity contribution in [2.24, 2.45) is 0 Å². The van der Waals surface area contributed by atoms with Crippen LogP contribution in [0.15, 0.2) is 0 Å². The Morgan fingerprint density at radius 3 is 2.76 bits per heavy atom. The molecule has 1 heterocycles. The lowest BCUT2D eigenvalue weighted by molar-refractivity contribution is -0.300. The summed E-state index contributed by atoms with van der Waals surface area (Å²) < 4.78 is 10.3. The summed E-state index contributed by atoms with van der Waals surface area (Å²) in [4.78, 5) is 11.2. The molecular formula is C10H18O7. The van der Waals surface area contributed by atoms with Crippen molar-refractivity contribution in [3.05, 3.63) is 0 Å². The van der Waals surface area contributed by atoms with Gasteiger partial charge in [0.15, 0.2) is 0 Å². The van der Waals surface area contributed by atoms with Gasteiger partial charge in [0.25, 0.3) is 5.79 Å². The molecule has 1 rings (SSSR count). The second-order valence-corrected chi connectivity index (χ2v) is 3.99. The maximum Gasteiger partial charge on any atom is 0.364 e. The van der Waals surface area contributed by atoms with Crippen molar-refractivity contribution < 1.29 is 34.7 Å². The van der Waals surface area contributed by atoms with Crippen molar-refractivity contribution in [1.29, 1.82) is 0 Å². The van der Waals surface area contributed by atoms with E-state index >= 15 is 0 Å². The Bertz CT molecular complexity index is 269. The van der Waals surface area contributed by atoms with E-state index in [1.807, 2.05) is 0 Å². The van der Waals surface area contributed by atoms with E-state index < -0.39 is 36.7 Å². The fourth-order valence-corrected chi connectivity index (χ4v) is 1.88. The Hall–Kier alpha value is -0.730. The third-order valence-electron chi connectivity index (χ3n) is 2.67. The van der Waals surface area contributed by atoms with Gasteiger partial charge in [-0.3, -0.25) is 0 Å². The van der Waals surface area contributed by atoms with Crippen molar-refractivity contribution in [3.63, 3.8) is 0 Å². The molecule has 0 bridgehead atoms.